The van der Waals surface area contributed by atoms with E-state index in [1.54, 1.807) is 19.2 Å². The molecule has 0 spiro atoms. The lowest BCUT2D eigenvalue weighted by atomic mass is 10.3. The van der Waals surface area contributed by atoms with E-state index in [0.29, 0.717) is 16.5 Å². The molecule has 0 unspecified atom stereocenters. The third-order valence-electron chi connectivity index (χ3n) is 1.89. The number of esters is 1. The number of benzene rings is 1. The molecule has 0 bridgehead atoms. The van der Waals surface area contributed by atoms with Crippen LogP contribution in [0.1, 0.15) is 0 Å². The number of methoxy groups -OCH3 is 2. The first-order valence-corrected chi connectivity index (χ1v) is 5.59. The second-order valence-electron chi connectivity index (χ2n) is 2.90. The van der Waals surface area contributed by atoms with Gasteiger partial charge in [0.1, 0.15) is 12.3 Å². The molecular weight excluding hydrogens is 297 g/mol. The van der Waals surface area contributed by atoms with Crippen LogP contribution in [0.2, 0.25) is 5.02 Å². The van der Waals surface area contributed by atoms with Crippen LogP contribution in [-0.2, 0) is 9.53 Å². The Morgan fingerprint density at radius 2 is 2.19 bits per heavy atom. The van der Waals surface area contributed by atoms with Crippen LogP contribution in [0, 0.1) is 0 Å². The predicted molar refractivity (Wildman–Crippen MR) is 66.2 cm³/mol. The predicted octanol–water partition coefficient (Wildman–Crippen LogP) is 2.70. The van der Waals surface area contributed by atoms with Gasteiger partial charge in [0, 0.05) is 4.47 Å². The molecule has 1 rings (SSSR count). The highest BCUT2D eigenvalue weighted by Gasteiger charge is 2.09. The number of nitrogens with one attached hydrogen (secondary N) is 1. The molecule has 1 aromatic carbocycles. The Hall–Kier alpha value is -0.940. The molecule has 0 saturated carbocycles. The summed E-state index contributed by atoms with van der Waals surface area (Å²) in [7, 11) is 2.87. The van der Waals surface area contributed by atoms with Crippen molar-refractivity contribution in [3.8, 4) is 5.75 Å². The number of hydrogen-bond donors (Lipinski definition) is 1. The van der Waals surface area contributed by atoms with E-state index in [1.807, 2.05) is 0 Å². The van der Waals surface area contributed by atoms with Crippen LogP contribution in [0.4, 0.5) is 5.69 Å². The minimum Gasteiger partial charge on any atom is -0.495 e. The highest BCUT2D eigenvalue weighted by molar-refractivity contribution is 9.10. The minimum atomic E-state index is -0.360. The molecule has 0 fully saturated rings. The summed E-state index contributed by atoms with van der Waals surface area (Å²) in [6, 6.07) is 3.40. The molecule has 0 amide bonds. The maximum absolute atomic E-state index is 11.0. The maximum Gasteiger partial charge on any atom is 0.325 e. The van der Waals surface area contributed by atoms with Gasteiger partial charge in [0.15, 0.2) is 0 Å². The van der Waals surface area contributed by atoms with Crippen molar-refractivity contribution in [2.24, 2.45) is 0 Å². The van der Waals surface area contributed by atoms with Crippen molar-refractivity contribution in [1.29, 1.82) is 0 Å². The molecule has 0 radical (unpaired) electrons. The van der Waals surface area contributed by atoms with Gasteiger partial charge in [-0.05, 0) is 28.1 Å². The van der Waals surface area contributed by atoms with Gasteiger partial charge in [-0.15, -0.1) is 0 Å². The van der Waals surface area contributed by atoms with E-state index < -0.39 is 0 Å². The summed E-state index contributed by atoms with van der Waals surface area (Å²) >= 11 is 9.22. The molecule has 0 heterocycles. The topological polar surface area (TPSA) is 47.6 Å². The van der Waals surface area contributed by atoms with Crippen molar-refractivity contribution in [3.63, 3.8) is 0 Å². The van der Waals surface area contributed by atoms with E-state index in [0.717, 1.165) is 4.47 Å². The second-order valence-corrected chi connectivity index (χ2v) is 4.16. The molecule has 0 aromatic heterocycles. The van der Waals surface area contributed by atoms with Gasteiger partial charge in [0.25, 0.3) is 0 Å². The number of halogens is 2. The highest BCUT2D eigenvalue weighted by Crippen LogP contribution is 2.34. The third-order valence-corrected chi connectivity index (χ3v) is 3.09. The lowest BCUT2D eigenvalue weighted by molar-refractivity contribution is -0.138. The SMILES string of the molecule is COC(=O)CNc1cc(Cl)c(Br)cc1OC. The van der Waals surface area contributed by atoms with Gasteiger partial charge in [0.05, 0.1) is 24.9 Å². The zero-order valence-corrected chi connectivity index (χ0v) is 11.2. The summed E-state index contributed by atoms with van der Waals surface area (Å²) in [5.74, 6) is 0.237. The molecule has 0 aliphatic carbocycles. The van der Waals surface area contributed by atoms with E-state index >= 15 is 0 Å². The van der Waals surface area contributed by atoms with Gasteiger partial charge in [-0.2, -0.15) is 0 Å². The van der Waals surface area contributed by atoms with Crippen molar-refractivity contribution >= 4 is 39.2 Å². The standard InChI is InChI=1S/C10H11BrClNO3/c1-15-9-3-6(11)7(12)4-8(9)13-5-10(14)16-2/h3-4,13H,5H2,1-2H3. The first kappa shape index (κ1) is 13.1. The van der Waals surface area contributed by atoms with Crippen molar-refractivity contribution in [2.45, 2.75) is 0 Å². The van der Waals surface area contributed by atoms with E-state index in [9.17, 15) is 4.79 Å². The Morgan fingerprint density at radius 1 is 1.50 bits per heavy atom. The summed E-state index contributed by atoms with van der Waals surface area (Å²) < 4.78 is 10.4. The van der Waals surface area contributed by atoms with Gasteiger partial charge in [-0.3, -0.25) is 4.79 Å². The lowest BCUT2D eigenvalue weighted by Crippen LogP contribution is -2.15. The molecule has 16 heavy (non-hydrogen) atoms. The van der Waals surface area contributed by atoms with Crippen LogP contribution in [0.15, 0.2) is 16.6 Å². The van der Waals surface area contributed by atoms with Crippen LogP contribution < -0.4 is 10.1 Å². The van der Waals surface area contributed by atoms with E-state index in [4.69, 9.17) is 16.3 Å². The number of hydrogen-bond acceptors (Lipinski definition) is 4. The number of anilines is 1. The van der Waals surface area contributed by atoms with E-state index in [-0.39, 0.29) is 12.5 Å². The third kappa shape index (κ3) is 3.28. The highest BCUT2D eigenvalue weighted by atomic mass is 79.9. The average molecular weight is 309 g/mol. The fourth-order valence-corrected chi connectivity index (χ4v) is 1.56. The maximum atomic E-state index is 11.0. The van der Waals surface area contributed by atoms with Gasteiger partial charge in [-0.1, -0.05) is 11.6 Å². The van der Waals surface area contributed by atoms with Gasteiger partial charge in [-0.25, -0.2) is 0 Å². The number of rotatable bonds is 4. The minimum absolute atomic E-state index is 0.0603. The Bertz CT molecular complexity index is 398. The first-order chi connectivity index (χ1) is 7.58. The summed E-state index contributed by atoms with van der Waals surface area (Å²) in [4.78, 5) is 11.0. The van der Waals surface area contributed by atoms with E-state index in [2.05, 4.69) is 26.0 Å². The molecule has 4 nitrogen and oxygen atoms in total. The molecular formula is C10H11BrClNO3. The number of carbonyl (C=O) groups excluding carboxylic acids is 1. The van der Waals surface area contributed by atoms with Crippen molar-refractivity contribution < 1.29 is 14.3 Å². The summed E-state index contributed by atoms with van der Waals surface area (Å²) in [5.41, 5.74) is 0.640. The Labute approximate surface area is 107 Å². The smallest absolute Gasteiger partial charge is 0.325 e. The molecule has 1 N–H and O–H groups in total. The summed E-state index contributed by atoms with van der Waals surface area (Å²) in [6.45, 7) is 0.0603. The number of carbonyl (C=O) groups is 1. The fraction of sp³-hybridized carbons (Fsp3) is 0.300. The van der Waals surface area contributed by atoms with Crippen LogP contribution in [0.3, 0.4) is 0 Å². The van der Waals surface area contributed by atoms with E-state index in [1.165, 1.54) is 7.11 Å². The van der Waals surface area contributed by atoms with Gasteiger partial charge < -0.3 is 14.8 Å². The first-order valence-electron chi connectivity index (χ1n) is 4.42. The average Bonchev–Trinajstić information content (AvgIpc) is 2.29. The second kappa shape index (κ2) is 5.96. The zero-order chi connectivity index (χ0) is 12.1. The summed E-state index contributed by atoms with van der Waals surface area (Å²) in [5, 5.41) is 3.41. The van der Waals surface area contributed by atoms with Crippen molar-refractivity contribution in [3.05, 3.63) is 21.6 Å². The quantitative estimate of drug-likeness (QED) is 0.869. The summed E-state index contributed by atoms with van der Waals surface area (Å²) in [6.07, 6.45) is 0. The van der Waals surface area contributed by atoms with Crippen LogP contribution in [0.5, 0.6) is 5.75 Å². The van der Waals surface area contributed by atoms with Crippen molar-refractivity contribution in [1.82, 2.24) is 0 Å². The molecule has 6 heteroatoms. The van der Waals surface area contributed by atoms with Crippen LogP contribution >= 0.6 is 27.5 Å². The van der Waals surface area contributed by atoms with Gasteiger partial charge in [0.2, 0.25) is 0 Å². The van der Waals surface area contributed by atoms with Crippen LogP contribution in [0.25, 0.3) is 0 Å². The fourth-order valence-electron chi connectivity index (χ4n) is 1.08. The van der Waals surface area contributed by atoms with Crippen LogP contribution in [-0.4, -0.2) is 26.7 Å². The monoisotopic (exact) mass is 307 g/mol. The number of ether oxygens (including phenoxy) is 2. The largest absolute Gasteiger partial charge is 0.495 e. The Morgan fingerprint density at radius 3 is 2.75 bits per heavy atom. The zero-order valence-electron chi connectivity index (χ0n) is 8.84. The van der Waals surface area contributed by atoms with Crippen molar-refractivity contribution in [2.75, 3.05) is 26.1 Å². The Kier molecular flexibility index (Phi) is 4.89. The molecule has 0 saturated heterocycles. The van der Waals surface area contributed by atoms with Gasteiger partial charge >= 0.3 is 5.97 Å². The Balaban J connectivity index is 2.86. The molecule has 1 aromatic rings. The molecule has 88 valence electrons. The molecule has 0 aliphatic heterocycles. The normalized spacial score (nSPS) is 9.75. The molecule has 0 aliphatic rings. The molecule has 0 atom stereocenters. The lowest BCUT2D eigenvalue weighted by Gasteiger charge is -2.11.